The van der Waals surface area contributed by atoms with Crippen molar-refractivity contribution in [2.75, 3.05) is 12.4 Å². The monoisotopic (exact) mass is 327 g/mol. The lowest BCUT2D eigenvalue weighted by Gasteiger charge is -2.10. The molecule has 0 fully saturated rings. The number of rotatable bonds is 4. The number of amides is 1. The Morgan fingerprint density at radius 2 is 2.09 bits per heavy atom. The number of nitrogens with one attached hydrogen (secondary N) is 1. The molecule has 1 amide bonds. The molecule has 0 aliphatic rings. The van der Waals surface area contributed by atoms with E-state index < -0.39 is 29.8 Å². The van der Waals surface area contributed by atoms with Crippen LogP contribution in [0.15, 0.2) is 41.5 Å². The second kappa shape index (κ2) is 6.51. The molecule has 0 radical (unpaired) electrons. The van der Waals surface area contributed by atoms with Gasteiger partial charge in [0.2, 0.25) is 11.8 Å². The Balaban J connectivity index is 2.12. The van der Waals surface area contributed by atoms with Crippen LogP contribution in [0.5, 0.6) is 5.88 Å². The molecule has 2 aromatic rings. The fourth-order valence-electron chi connectivity index (χ4n) is 1.81. The van der Waals surface area contributed by atoms with Crippen LogP contribution in [0.2, 0.25) is 0 Å². The summed E-state index contributed by atoms with van der Waals surface area (Å²) in [5.41, 5.74) is -2.27. The molecule has 0 aromatic carbocycles. The SMILES string of the molecule is COc1ccc(NC(=O)Cn2cccc(C(F)(F)F)c2=O)cn1. The van der Waals surface area contributed by atoms with Gasteiger partial charge >= 0.3 is 6.18 Å². The van der Waals surface area contributed by atoms with Gasteiger partial charge in [0.05, 0.1) is 19.0 Å². The van der Waals surface area contributed by atoms with Crippen LogP contribution in [0.3, 0.4) is 0 Å². The highest BCUT2D eigenvalue weighted by Crippen LogP contribution is 2.25. The summed E-state index contributed by atoms with van der Waals surface area (Å²) in [5, 5.41) is 2.43. The fraction of sp³-hybridized carbons (Fsp3) is 0.214. The van der Waals surface area contributed by atoms with E-state index in [2.05, 4.69) is 10.3 Å². The van der Waals surface area contributed by atoms with Crippen molar-refractivity contribution in [2.24, 2.45) is 0 Å². The first-order chi connectivity index (χ1) is 10.8. The molecule has 0 aliphatic heterocycles. The molecule has 0 bridgehead atoms. The topological polar surface area (TPSA) is 73.2 Å². The summed E-state index contributed by atoms with van der Waals surface area (Å²) in [6.07, 6.45) is -2.33. The Hall–Kier alpha value is -2.84. The summed E-state index contributed by atoms with van der Waals surface area (Å²) in [6, 6.07) is 4.75. The first kappa shape index (κ1) is 16.5. The van der Waals surface area contributed by atoms with Crippen molar-refractivity contribution in [3.8, 4) is 5.88 Å². The summed E-state index contributed by atoms with van der Waals surface area (Å²) >= 11 is 0. The minimum atomic E-state index is -4.77. The molecule has 0 unspecified atom stereocenters. The number of hydrogen-bond donors (Lipinski definition) is 1. The minimum Gasteiger partial charge on any atom is -0.481 e. The first-order valence-corrected chi connectivity index (χ1v) is 6.38. The van der Waals surface area contributed by atoms with E-state index in [1.165, 1.54) is 25.4 Å². The normalized spacial score (nSPS) is 11.1. The maximum absolute atomic E-state index is 12.7. The maximum Gasteiger partial charge on any atom is 0.421 e. The fourth-order valence-corrected chi connectivity index (χ4v) is 1.81. The van der Waals surface area contributed by atoms with E-state index in [0.29, 0.717) is 22.2 Å². The molecule has 9 heteroatoms. The first-order valence-electron chi connectivity index (χ1n) is 6.38. The Kier molecular flexibility index (Phi) is 4.68. The maximum atomic E-state index is 12.7. The average Bonchev–Trinajstić information content (AvgIpc) is 2.49. The van der Waals surface area contributed by atoms with Gasteiger partial charge in [0, 0.05) is 12.3 Å². The van der Waals surface area contributed by atoms with E-state index in [0.717, 1.165) is 12.3 Å². The standard InChI is InChI=1S/C14H12F3N3O3/c1-23-12-5-4-9(7-18-12)19-11(21)8-20-6-2-3-10(13(20)22)14(15,16)17/h2-7H,8H2,1H3,(H,19,21). The number of alkyl halides is 3. The van der Waals surface area contributed by atoms with Crippen LogP contribution in [0.1, 0.15) is 5.56 Å². The summed E-state index contributed by atoms with van der Waals surface area (Å²) in [4.78, 5) is 27.4. The number of aromatic nitrogens is 2. The van der Waals surface area contributed by atoms with Gasteiger partial charge in [-0.05, 0) is 18.2 Å². The molecule has 2 rings (SSSR count). The quantitative estimate of drug-likeness (QED) is 0.931. The summed E-state index contributed by atoms with van der Waals surface area (Å²) in [7, 11) is 1.43. The van der Waals surface area contributed by atoms with Gasteiger partial charge in [0.1, 0.15) is 12.1 Å². The van der Waals surface area contributed by atoms with Crippen molar-refractivity contribution in [2.45, 2.75) is 12.7 Å². The number of anilines is 1. The lowest BCUT2D eigenvalue weighted by Crippen LogP contribution is -2.31. The number of carbonyl (C=O) groups excluding carboxylic acids is 1. The lowest BCUT2D eigenvalue weighted by atomic mass is 10.2. The molecule has 0 atom stereocenters. The van der Waals surface area contributed by atoms with Gasteiger partial charge < -0.3 is 14.6 Å². The third-order valence-corrected chi connectivity index (χ3v) is 2.87. The zero-order valence-electron chi connectivity index (χ0n) is 11.9. The van der Waals surface area contributed by atoms with Gasteiger partial charge in [-0.25, -0.2) is 4.98 Å². The molecule has 23 heavy (non-hydrogen) atoms. The number of pyridine rings is 2. The molecule has 2 aromatic heterocycles. The van der Waals surface area contributed by atoms with Crippen LogP contribution >= 0.6 is 0 Å². The molecule has 122 valence electrons. The number of carbonyl (C=O) groups is 1. The molecule has 0 aliphatic carbocycles. The number of nitrogens with zero attached hydrogens (tertiary/aromatic N) is 2. The Morgan fingerprint density at radius 3 is 2.65 bits per heavy atom. The van der Waals surface area contributed by atoms with Crippen LogP contribution in [-0.4, -0.2) is 22.6 Å². The molecule has 1 N–H and O–H groups in total. The van der Waals surface area contributed by atoms with Crippen molar-refractivity contribution < 1.29 is 22.7 Å². The average molecular weight is 327 g/mol. The summed E-state index contributed by atoms with van der Waals surface area (Å²) in [6.45, 7) is -0.547. The molecular weight excluding hydrogens is 315 g/mol. The van der Waals surface area contributed by atoms with Crippen LogP contribution < -0.4 is 15.6 Å². The van der Waals surface area contributed by atoms with Crippen molar-refractivity contribution in [1.82, 2.24) is 9.55 Å². The highest BCUT2D eigenvalue weighted by Gasteiger charge is 2.34. The van der Waals surface area contributed by atoms with Gasteiger partial charge in [-0.15, -0.1) is 0 Å². The number of halogens is 3. The molecular formula is C14H12F3N3O3. The molecule has 0 saturated heterocycles. The van der Waals surface area contributed by atoms with Crippen LogP contribution in [0.25, 0.3) is 0 Å². The van der Waals surface area contributed by atoms with E-state index in [-0.39, 0.29) is 0 Å². The summed E-state index contributed by atoms with van der Waals surface area (Å²) < 4.78 is 43.5. The zero-order valence-corrected chi connectivity index (χ0v) is 11.9. The second-order valence-corrected chi connectivity index (χ2v) is 4.49. The Labute approximate surface area is 128 Å². The summed E-state index contributed by atoms with van der Waals surface area (Å²) in [5.74, 6) is -0.310. The van der Waals surface area contributed by atoms with E-state index in [4.69, 9.17) is 4.74 Å². The molecule has 2 heterocycles. The van der Waals surface area contributed by atoms with Gasteiger partial charge in [-0.1, -0.05) is 0 Å². The zero-order chi connectivity index (χ0) is 17.0. The van der Waals surface area contributed by atoms with Crippen molar-refractivity contribution in [3.05, 3.63) is 52.6 Å². The largest absolute Gasteiger partial charge is 0.481 e. The molecule has 0 saturated carbocycles. The Bertz CT molecular complexity index is 754. The third kappa shape index (κ3) is 4.09. The second-order valence-electron chi connectivity index (χ2n) is 4.49. The van der Waals surface area contributed by atoms with Crippen molar-refractivity contribution in [3.63, 3.8) is 0 Å². The van der Waals surface area contributed by atoms with Crippen LogP contribution in [0, 0.1) is 0 Å². The van der Waals surface area contributed by atoms with Gasteiger partial charge in [-0.2, -0.15) is 13.2 Å². The van der Waals surface area contributed by atoms with E-state index in [1.54, 1.807) is 0 Å². The van der Waals surface area contributed by atoms with Crippen molar-refractivity contribution in [1.29, 1.82) is 0 Å². The Morgan fingerprint density at radius 1 is 1.35 bits per heavy atom. The number of methoxy groups -OCH3 is 1. The van der Waals surface area contributed by atoms with E-state index in [1.807, 2.05) is 0 Å². The van der Waals surface area contributed by atoms with Crippen molar-refractivity contribution >= 4 is 11.6 Å². The number of hydrogen-bond acceptors (Lipinski definition) is 4. The minimum absolute atomic E-state index is 0.329. The highest BCUT2D eigenvalue weighted by atomic mass is 19.4. The van der Waals surface area contributed by atoms with Crippen LogP contribution in [0.4, 0.5) is 18.9 Å². The predicted molar refractivity (Wildman–Crippen MR) is 75.1 cm³/mol. The third-order valence-electron chi connectivity index (χ3n) is 2.87. The number of ether oxygens (including phenoxy) is 1. The smallest absolute Gasteiger partial charge is 0.421 e. The lowest BCUT2D eigenvalue weighted by molar-refractivity contribution is -0.139. The van der Waals surface area contributed by atoms with Crippen LogP contribution in [-0.2, 0) is 17.5 Å². The molecule has 0 spiro atoms. The molecule has 6 nitrogen and oxygen atoms in total. The van der Waals surface area contributed by atoms with Gasteiger partial charge in [0.15, 0.2) is 0 Å². The van der Waals surface area contributed by atoms with E-state index >= 15 is 0 Å². The predicted octanol–water partition coefficient (Wildman–Crippen LogP) is 1.91. The highest BCUT2D eigenvalue weighted by molar-refractivity contribution is 5.90. The van der Waals surface area contributed by atoms with Gasteiger partial charge in [0.25, 0.3) is 5.56 Å². The van der Waals surface area contributed by atoms with E-state index in [9.17, 15) is 22.8 Å². The van der Waals surface area contributed by atoms with Gasteiger partial charge in [-0.3, -0.25) is 9.59 Å².